The van der Waals surface area contributed by atoms with E-state index in [2.05, 4.69) is 14.9 Å². The number of piperidine rings is 1. The molecule has 2 aromatic heterocycles. The normalized spacial score (nSPS) is 15.5. The lowest BCUT2D eigenvalue weighted by Gasteiger charge is -2.35. The predicted octanol–water partition coefficient (Wildman–Crippen LogP) is 2.46. The molecular formula is C17H22ClN5O. The van der Waals surface area contributed by atoms with E-state index in [-0.39, 0.29) is 5.91 Å². The van der Waals surface area contributed by atoms with Crippen LogP contribution in [0, 0.1) is 5.92 Å². The van der Waals surface area contributed by atoms with E-state index < -0.39 is 0 Å². The molecule has 0 spiro atoms. The Hall–Kier alpha value is -2.08. The molecule has 0 aromatic carbocycles. The van der Waals surface area contributed by atoms with Crippen LogP contribution in [-0.2, 0) is 7.05 Å². The third-order valence-corrected chi connectivity index (χ3v) is 4.80. The van der Waals surface area contributed by atoms with Crippen LogP contribution in [0.3, 0.4) is 0 Å². The van der Waals surface area contributed by atoms with E-state index in [1.165, 1.54) is 0 Å². The van der Waals surface area contributed by atoms with Crippen molar-refractivity contribution >= 4 is 23.2 Å². The maximum absolute atomic E-state index is 12.4. The zero-order valence-corrected chi connectivity index (χ0v) is 14.8. The van der Waals surface area contributed by atoms with Crippen molar-refractivity contribution in [2.75, 3.05) is 31.6 Å². The third-order valence-electron chi connectivity index (χ3n) is 4.51. The highest BCUT2D eigenvalue weighted by atomic mass is 35.5. The van der Waals surface area contributed by atoms with E-state index >= 15 is 0 Å². The van der Waals surface area contributed by atoms with E-state index in [4.69, 9.17) is 11.6 Å². The van der Waals surface area contributed by atoms with Gasteiger partial charge in [0, 0.05) is 52.3 Å². The molecule has 1 saturated heterocycles. The van der Waals surface area contributed by atoms with Gasteiger partial charge < -0.3 is 14.4 Å². The first kappa shape index (κ1) is 16.8. The topological polar surface area (TPSA) is 54.3 Å². The smallest absolute Gasteiger partial charge is 0.273 e. The Balaban J connectivity index is 1.53. The minimum atomic E-state index is -0.0183. The maximum atomic E-state index is 12.4. The van der Waals surface area contributed by atoms with Gasteiger partial charge in [-0.05, 0) is 24.8 Å². The van der Waals surface area contributed by atoms with E-state index in [1.807, 2.05) is 20.2 Å². The zero-order valence-electron chi connectivity index (χ0n) is 14.0. The molecule has 0 N–H and O–H groups in total. The summed E-state index contributed by atoms with van der Waals surface area (Å²) in [6, 6.07) is 1.96. The van der Waals surface area contributed by atoms with Crippen LogP contribution in [0.25, 0.3) is 0 Å². The molecule has 1 amide bonds. The number of hydrogen-bond donors (Lipinski definition) is 0. The molecular weight excluding hydrogens is 326 g/mol. The number of nitrogens with zero attached hydrogens (tertiary/aromatic N) is 5. The van der Waals surface area contributed by atoms with Crippen LogP contribution in [0.1, 0.15) is 23.3 Å². The monoisotopic (exact) mass is 347 g/mol. The first-order chi connectivity index (χ1) is 11.5. The molecule has 0 atom stereocenters. The Morgan fingerprint density at radius 1 is 1.42 bits per heavy atom. The van der Waals surface area contributed by atoms with Gasteiger partial charge in [-0.15, -0.1) is 0 Å². The van der Waals surface area contributed by atoms with E-state index in [9.17, 15) is 4.79 Å². The lowest BCUT2D eigenvalue weighted by atomic mass is 9.96. The highest BCUT2D eigenvalue weighted by Gasteiger charge is 2.24. The molecule has 1 aliphatic heterocycles. The van der Waals surface area contributed by atoms with Crippen LogP contribution in [0.5, 0.6) is 0 Å². The van der Waals surface area contributed by atoms with Gasteiger partial charge in [0.25, 0.3) is 5.91 Å². The Morgan fingerprint density at radius 3 is 2.79 bits per heavy atom. The molecule has 3 heterocycles. The van der Waals surface area contributed by atoms with Gasteiger partial charge in [-0.2, -0.15) is 0 Å². The van der Waals surface area contributed by atoms with Crippen molar-refractivity contribution in [3.8, 4) is 0 Å². The molecule has 0 bridgehead atoms. The number of carbonyl (C=O) groups is 1. The number of hydrogen-bond acceptors (Lipinski definition) is 4. The van der Waals surface area contributed by atoms with Crippen molar-refractivity contribution in [3.63, 3.8) is 0 Å². The summed E-state index contributed by atoms with van der Waals surface area (Å²) in [5.74, 6) is 0.481. The SMILES string of the molecule is CN(CC1CCN(c2ccncc2Cl)CC1)C(=O)c1cn(C)cn1. The van der Waals surface area contributed by atoms with Crippen LogP contribution in [0.4, 0.5) is 5.69 Å². The van der Waals surface area contributed by atoms with Crippen molar-refractivity contribution in [2.24, 2.45) is 13.0 Å². The third kappa shape index (κ3) is 3.70. The van der Waals surface area contributed by atoms with Crippen molar-refractivity contribution in [1.82, 2.24) is 19.4 Å². The molecule has 1 aliphatic rings. The summed E-state index contributed by atoms with van der Waals surface area (Å²) in [4.78, 5) is 24.6. The fraction of sp³-hybridized carbons (Fsp3) is 0.471. The zero-order chi connectivity index (χ0) is 17.1. The highest BCUT2D eigenvalue weighted by molar-refractivity contribution is 6.33. The van der Waals surface area contributed by atoms with E-state index in [1.54, 1.807) is 34.4 Å². The maximum Gasteiger partial charge on any atom is 0.273 e. The van der Waals surface area contributed by atoms with E-state index in [0.717, 1.165) is 38.2 Å². The number of aromatic nitrogens is 3. The molecule has 3 rings (SSSR count). The summed E-state index contributed by atoms with van der Waals surface area (Å²) in [6.07, 6.45) is 8.94. The summed E-state index contributed by atoms with van der Waals surface area (Å²) in [6.45, 7) is 2.65. The van der Waals surface area contributed by atoms with Crippen LogP contribution in [0.2, 0.25) is 5.02 Å². The largest absolute Gasteiger partial charge is 0.370 e. The number of anilines is 1. The standard InChI is InChI=1S/C17H22ClN5O/c1-21-11-15(20-12-21)17(24)22(2)10-13-4-7-23(8-5-13)16-3-6-19-9-14(16)18/h3,6,9,11-13H,4-5,7-8,10H2,1-2H3. The van der Waals surface area contributed by atoms with Crippen molar-refractivity contribution in [3.05, 3.63) is 41.7 Å². The lowest BCUT2D eigenvalue weighted by molar-refractivity contribution is 0.0759. The van der Waals surface area contributed by atoms with Crippen molar-refractivity contribution in [1.29, 1.82) is 0 Å². The highest BCUT2D eigenvalue weighted by Crippen LogP contribution is 2.29. The molecule has 7 heteroatoms. The quantitative estimate of drug-likeness (QED) is 0.852. The number of halogens is 1. The first-order valence-electron chi connectivity index (χ1n) is 8.12. The molecule has 128 valence electrons. The Labute approximate surface area is 147 Å². The summed E-state index contributed by atoms with van der Waals surface area (Å²) in [5.41, 5.74) is 1.55. The Kier molecular flexibility index (Phi) is 5.04. The second-order valence-electron chi connectivity index (χ2n) is 6.37. The molecule has 2 aromatic rings. The molecule has 24 heavy (non-hydrogen) atoms. The van der Waals surface area contributed by atoms with Crippen molar-refractivity contribution < 1.29 is 4.79 Å². The van der Waals surface area contributed by atoms with Gasteiger partial charge in [0.15, 0.2) is 0 Å². The number of carbonyl (C=O) groups excluding carboxylic acids is 1. The minimum absolute atomic E-state index is 0.0183. The fourth-order valence-corrected chi connectivity index (χ4v) is 3.41. The average Bonchev–Trinajstić information content (AvgIpc) is 3.02. The van der Waals surface area contributed by atoms with Crippen molar-refractivity contribution in [2.45, 2.75) is 12.8 Å². The summed E-state index contributed by atoms with van der Waals surface area (Å²) < 4.78 is 1.79. The van der Waals surface area contributed by atoms with Crippen LogP contribution < -0.4 is 4.90 Å². The van der Waals surface area contributed by atoms with Gasteiger partial charge >= 0.3 is 0 Å². The molecule has 1 fully saturated rings. The number of amides is 1. The average molecular weight is 348 g/mol. The molecule has 0 aliphatic carbocycles. The summed E-state index contributed by atoms with van der Waals surface area (Å²) >= 11 is 6.22. The molecule has 0 radical (unpaired) electrons. The molecule has 6 nitrogen and oxygen atoms in total. The second kappa shape index (κ2) is 7.21. The summed E-state index contributed by atoms with van der Waals surface area (Å²) in [7, 11) is 3.72. The minimum Gasteiger partial charge on any atom is -0.370 e. The van der Waals surface area contributed by atoms with Gasteiger partial charge in [0.05, 0.1) is 17.0 Å². The van der Waals surface area contributed by atoms with Gasteiger partial charge in [0.2, 0.25) is 0 Å². The number of aryl methyl sites for hydroxylation is 1. The Morgan fingerprint density at radius 2 is 2.17 bits per heavy atom. The lowest BCUT2D eigenvalue weighted by Crippen LogP contribution is -2.39. The van der Waals surface area contributed by atoms with Gasteiger partial charge in [-0.25, -0.2) is 4.98 Å². The van der Waals surface area contributed by atoms with Gasteiger partial charge in [-0.1, -0.05) is 11.6 Å². The van der Waals surface area contributed by atoms with Crippen LogP contribution in [0.15, 0.2) is 31.0 Å². The molecule has 0 saturated carbocycles. The predicted molar refractivity (Wildman–Crippen MR) is 94.4 cm³/mol. The van der Waals surface area contributed by atoms with Gasteiger partial charge in [-0.3, -0.25) is 9.78 Å². The molecule has 0 unspecified atom stereocenters. The summed E-state index contributed by atoms with van der Waals surface area (Å²) in [5, 5.41) is 0.693. The van der Waals surface area contributed by atoms with Crippen LogP contribution >= 0.6 is 11.6 Å². The van der Waals surface area contributed by atoms with Crippen LogP contribution in [-0.4, -0.2) is 52.0 Å². The Bertz CT molecular complexity index is 709. The van der Waals surface area contributed by atoms with E-state index in [0.29, 0.717) is 16.6 Å². The fourth-order valence-electron chi connectivity index (χ4n) is 3.17. The number of rotatable bonds is 4. The number of pyridine rings is 1. The second-order valence-corrected chi connectivity index (χ2v) is 6.77. The van der Waals surface area contributed by atoms with Gasteiger partial charge in [0.1, 0.15) is 5.69 Å². The number of imidazole rings is 1. The first-order valence-corrected chi connectivity index (χ1v) is 8.50.